The van der Waals surface area contributed by atoms with Crippen LogP contribution in [0, 0.1) is 0 Å². The zero-order valence-electron chi connectivity index (χ0n) is 15.6. The highest BCUT2D eigenvalue weighted by Gasteiger charge is 2.36. The molecule has 1 aliphatic carbocycles. The Hall–Kier alpha value is -2.62. The van der Waals surface area contributed by atoms with E-state index in [2.05, 4.69) is 11.4 Å². The summed E-state index contributed by atoms with van der Waals surface area (Å²) >= 11 is 0. The largest absolute Gasteiger partial charge is 0.351 e. The van der Waals surface area contributed by atoms with E-state index in [0.29, 0.717) is 12.1 Å². The first kappa shape index (κ1) is 17.8. The van der Waals surface area contributed by atoms with Gasteiger partial charge in [-0.1, -0.05) is 61.7 Å². The van der Waals surface area contributed by atoms with Crippen molar-refractivity contribution < 1.29 is 9.59 Å². The Labute approximate surface area is 160 Å². The monoisotopic (exact) mass is 362 g/mol. The number of hydrogen-bond donors (Lipinski definition) is 1. The van der Waals surface area contributed by atoms with Gasteiger partial charge in [0.1, 0.15) is 6.04 Å². The molecule has 27 heavy (non-hydrogen) atoms. The maximum atomic E-state index is 13.3. The molecule has 1 aliphatic heterocycles. The smallest absolute Gasteiger partial charge is 0.254 e. The van der Waals surface area contributed by atoms with Crippen molar-refractivity contribution in [1.29, 1.82) is 0 Å². The van der Waals surface area contributed by atoms with Crippen LogP contribution in [0.15, 0.2) is 54.6 Å². The second kappa shape index (κ2) is 7.95. The Morgan fingerprint density at radius 1 is 0.889 bits per heavy atom. The second-order valence-electron chi connectivity index (χ2n) is 7.56. The summed E-state index contributed by atoms with van der Waals surface area (Å²) in [5.41, 5.74) is 2.76. The highest BCUT2D eigenvalue weighted by Crippen LogP contribution is 2.32. The lowest BCUT2D eigenvalue weighted by Crippen LogP contribution is -2.49. The molecule has 4 heteroatoms. The van der Waals surface area contributed by atoms with Gasteiger partial charge in [-0.25, -0.2) is 0 Å². The molecule has 2 aromatic carbocycles. The van der Waals surface area contributed by atoms with Crippen molar-refractivity contribution in [2.75, 3.05) is 6.54 Å². The zero-order chi connectivity index (χ0) is 18.6. The van der Waals surface area contributed by atoms with Crippen LogP contribution in [-0.2, 0) is 11.2 Å². The van der Waals surface area contributed by atoms with E-state index in [4.69, 9.17) is 0 Å². The molecule has 2 aromatic rings. The van der Waals surface area contributed by atoms with Crippen molar-refractivity contribution in [3.05, 3.63) is 71.3 Å². The highest BCUT2D eigenvalue weighted by atomic mass is 16.2. The number of benzene rings is 2. The highest BCUT2D eigenvalue weighted by molar-refractivity contribution is 5.98. The number of hydrogen-bond acceptors (Lipinski definition) is 2. The summed E-state index contributed by atoms with van der Waals surface area (Å²) < 4.78 is 0. The first-order valence-electron chi connectivity index (χ1n) is 9.98. The van der Waals surface area contributed by atoms with E-state index in [-0.39, 0.29) is 17.9 Å². The van der Waals surface area contributed by atoms with Gasteiger partial charge in [0.05, 0.1) is 0 Å². The summed E-state index contributed by atoms with van der Waals surface area (Å²) in [6.45, 7) is 0.563. The number of carbonyl (C=O) groups is 2. The number of nitrogens with one attached hydrogen (secondary N) is 1. The van der Waals surface area contributed by atoms with Gasteiger partial charge in [-0.05, 0) is 42.5 Å². The van der Waals surface area contributed by atoms with E-state index >= 15 is 0 Å². The van der Waals surface area contributed by atoms with Crippen LogP contribution in [0.5, 0.6) is 0 Å². The Morgan fingerprint density at radius 2 is 1.59 bits per heavy atom. The lowest BCUT2D eigenvalue weighted by atomic mass is 9.90. The predicted molar refractivity (Wildman–Crippen MR) is 105 cm³/mol. The van der Waals surface area contributed by atoms with Crippen LogP contribution < -0.4 is 5.32 Å². The van der Waals surface area contributed by atoms with Gasteiger partial charge >= 0.3 is 0 Å². The fourth-order valence-electron chi connectivity index (χ4n) is 4.34. The number of nitrogens with zero attached hydrogens (tertiary/aromatic N) is 1. The first-order chi connectivity index (χ1) is 13.2. The molecule has 4 nitrogen and oxygen atoms in total. The van der Waals surface area contributed by atoms with Crippen LogP contribution in [0.4, 0.5) is 0 Å². The quantitative estimate of drug-likeness (QED) is 0.901. The topological polar surface area (TPSA) is 49.4 Å². The van der Waals surface area contributed by atoms with Crippen LogP contribution in [0.25, 0.3) is 0 Å². The lowest BCUT2D eigenvalue weighted by Gasteiger charge is -2.37. The molecule has 2 amide bonds. The fraction of sp³-hybridized carbons (Fsp3) is 0.391. The maximum absolute atomic E-state index is 13.3. The average molecular weight is 362 g/mol. The molecule has 1 atom stereocenters. The minimum Gasteiger partial charge on any atom is -0.351 e. The number of carbonyl (C=O) groups excluding carboxylic acids is 2. The Bertz CT molecular complexity index is 812. The van der Waals surface area contributed by atoms with Crippen LogP contribution in [0.3, 0.4) is 0 Å². The molecule has 140 valence electrons. The van der Waals surface area contributed by atoms with Gasteiger partial charge < -0.3 is 10.2 Å². The van der Waals surface area contributed by atoms with Crippen molar-refractivity contribution in [3.8, 4) is 0 Å². The van der Waals surface area contributed by atoms with Gasteiger partial charge in [-0.15, -0.1) is 0 Å². The van der Waals surface area contributed by atoms with E-state index in [1.54, 1.807) is 4.90 Å². The molecule has 1 saturated carbocycles. The van der Waals surface area contributed by atoms with Crippen molar-refractivity contribution in [2.45, 2.75) is 50.6 Å². The van der Waals surface area contributed by atoms with E-state index in [0.717, 1.165) is 24.8 Å². The minimum atomic E-state index is -0.551. The molecule has 4 rings (SSSR count). The molecular weight excluding hydrogens is 336 g/mol. The Kier molecular flexibility index (Phi) is 5.23. The molecule has 1 unspecified atom stereocenters. The second-order valence-corrected chi connectivity index (χ2v) is 7.56. The first-order valence-corrected chi connectivity index (χ1v) is 9.98. The van der Waals surface area contributed by atoms with E-state index in [9.17, 15) is 9.59 Å². The third-order valence-electron chi connectivity index (χ3n) is 5.76. The molecule has 0 saturated heterocycles. The number of amides is 2. The lowest BCUT2D eigenvalue weighted by molar-refractivity contribution is -0.127. The van der Waals surface area contributed by atoms with Gasteiger partial charge in [0.25, 0.3) is 5.91 Å². The summed E-state index contributed by atoms with van der Waals surface area (Å²) in [7, 11) is 0. The van der Waals surface area contributed by atoms with Crippen molar-refractivity contribution in [3.63, 3.8) is 0 Å². The summed E-state index contributed by atoms with van der Waals surface area (Å²) in [5.74, 6) is -0.118. The summed E-state index contributed by atoms with van der Waals surface area (Å²) in [6.07, 6.45) is 6.43. The molecule has 0 aromatic heterocycles. The zero-order valence-corrected chi connectivity index (χ0v) is 15.6. The van der Waals surface area contributed by atoms with Crippen molar-refractivity contribution >= 4 is 11.8 Å². The molecule has 0 radical (unpaired) electrons. The third kappa shape index (κ3) is 3.75. The standard InChI is InChI=1S/C23H26N2O2/c26-22(24-19-12-5-2-6-13-19)21-20-14-8-7-9-17(20)15-16-25(21)23(27)18-10-3-1-4-11-18/h1,3-4,7-11,14,19,21H,2,5-6,12-13,15-16H2,(H,24,26). The fourth-order valence-corrected chi connectivity index (χ4v) is 4.34. The Balaban J connectivity index is 1.63. The average Bonchev–Trinajstić information content (AvgIpc) is 2.73. The third-order valence-corrected chi connectivity index (χ3v) is 5.76. The van der Waals surface area contributed by atoms with E-state index in [1.807, 2.05) is 48.5 Å². The molecule has 0 spiro atoms. The van der Waals surface area contributed by atoms with Crippen molar-refractivity contribution in [1.82, 2.24) is 10.2 Å². The number of rotatable bonds is 3. The SMILES string of the molecule is O=C(NC1CCCCC1)C1c2ccccc2CCN1C(=O)c1ccccc1. The molecule has 2 aliphatic rings. The van der Waals surface area contributed by atoms with Gasteiger partial charge in [-0.3, -0.25) is 9.59 Å². The maximum Gasteiger partial charge on any atom is 0.254 e. The van der Waals surface area contributed by atoms with Crippen LogP contribution >= 0.6 is 0 Å². The normalized spacial score (nSPS) is 20.0. The molecule has 1 heterocycles. The molecular formula is C23H26N2O2. The van der Waals surface area contributed by atoms with Gasteiger partial charge in [-0.2, -0.15) is 0 Å². The van der Waals surface area contributed by atoms with Gasteiger partial charge in [0.2, 0.25) is 5.91 Å². The van der Waals surface area contributed by atoms with Gasteiger partial charge in [0, 0.05) is 18.2 Å². The minimum absolute atomic E-state index is 0.0432. The van der Waals surface area contributed by atoms with Crippen molar-refractivity contribution in [2.24, 2.45) is 0 Å². The van der Waals surface area contributed by atoms with E-state index < -0.39 is 6.04 Å². The summed E-state index contributed by atoms with van der Waals surface area (Å²) in [4.78, 5) is 28.2. The summed E-state index contributed by atoms with van der Waals surface area (Å²) in [6, 6.07) is 17.0. The summed E-state index contributed by atoms with van der Waals surface area (Å²) in [5, 5.41) is 3.23. The van der Waals surface area contributed by atoms with Gasteiger partial charge in [0.15, 0.2) is 0 Å². The number of fused-ring (bicyclic) bond motifs is 1. The predicted octanol–water partition coefficient (Wildman–Crippen LogP) is 3.88. The molecule has 1 fully saturated rings. The van der Waals surface area contributed by atoms with Crippen LogP contribution in [-0.4, -0.2) is 29.3 Å². The molecule has 0 bridgehead atoms. The van der Waals surface area contributed by atoms with E-state index in [1.165, 1.54) is 24.8 Å². The molecule has 1 N–H and O–H groups in total. The van der Waals surface area contributed by atoms with Crippen LogP contribution in [0.1, 0.15) is 59.6 Å². The Morgan fingerprint density at radius 3 is 2.37 bits per heavy atom. The van der Waals surface area contributed by atoms with Crippen LogP contribution in [0.2, 0.25) is 0 Å².